The largest absolute Gasteiger partial charge is 0.439 e. The normalized spacial score (nSPS) is 11.0. The van der Waals surface area contributed by atoms with Gasteiger partial charge in [0.2, 0.25) is 5.88 Å². The third-order valence-electron chi connectivity index (χ3n) is 3.79. The average molecular weight is 532 g/mol. The molecule has 1 aromatic carbocycles. The van der Waals surface area contributed by atoms with Crippen LogP contribution in [0, 0.1) is 5.82 Å². The second kappa shape index (κ2) is 15.8. The molecule has 0 amide bonds. The molecule has 0 fully saturated rings. The zero-order valence-electron chi connectivity index (χ0n) is 17.4. The van der Waals surface area contributed by atoms with Crippen molar-refractivity contribution >= 4 is 29.9 Å². The maximum Gasteiger partial charge on any atom is 0.219 e. The monoisotopic (exact) mass is 532 g/mol. The fourth-order valence-corrected chi connectivity index (χ4v) is 2.33. The number of nitrogens with zero attached hydrogens (tertiary/aromatic N) is 2. The Kier molecular flexibility index (Phi) is 13.7. The Hall–Kier alpha value is -1.98. The number of pyridine rings is 1. The maximum absolute atomic E-state index is 12.9. The lowest BCUT2D eigenvalue weighted by Gasteiger charge is -2.11. The van der Waals surface area contributed by atoms with Gasteiger partial charge in [-0.05, 0) is 43.2 Å². The van der Waals surface area contributed by atoms with Gasteiger partial charge in [-0.3, -0.25) is 0 Å². The molecule has 2 aromatic rings. The predicted octanol–water partition coefficient (Wildman–Crippen LogP) is 3.74. The quantitative estimate of drug-likeness (QED) is 0.188. The van der Waals surface area contributed by atoms with E-state index >= 15 is 0 Å². The molecule has 0 aliphatic rings. The molecule has 9 heteroatoms. The van der Waals surface area contributed by atoms with E-state index in [1.165, 1.54) is 12.1 Å². The fraction of sp³-hybridized carbons (Fsp3) is 0.429. The van der Waals surface area contributed by atoms with Crippen LogP contribution in [0.25, 0.3) is 0 Å². The second-order valence-corrected chi connectivity index (χ2v) is 6.14. The molecule has 0 saturated heterocycles. The summed E-state index contributed by atoms with van der Waals surface area (Å²) in [7, 11) is 1.66. The number of ether oxygens (including phenoxy) is 3. The van der Waals surface area contributed by atoms with Crippen LogP contribution >= 0.6 is 24.0 Å². The first-order valence-corrected chi connectivity index (χ1v) is 9.68. The lowest BCUT2D eigenvalue weighted by atomic mass is 10.3. The highest BCUT2D eigenvalue weighted by molar-refractivity contribution is 14.0. The molecule has 0 aliphatic carbocycles. The third-order valence-corrected chi connectivity index (χ3v) is 3.79. The molecule has 0 spiro atoms. The summed E-state index contributed by atoms with van der Waals surface area (Å²) in [4.78, 5) is 8.84. The third kappa shape index (κ3) is 10.7. The Morgan fingerprint density at radius 1 is 1.07 bits per heavy atom. The van der Waals surface area contributed by atoms with Crippen molar-refractivity contribution in [2.75, 3.05) is 40.0 Å². The van der Waals surface area contributed by atoms with Crippen LogP contribution in [-0.2, 0) is 16.0 Å². The van der Waals surface area contributed by atoms with Crippen molar-refractivity contribution in [2.45, 2.75) is 19.9 Å². The highest BCUT2D eigenvalue weighted by atomic mass is 127. The number of aliphatic imine (C=N–C) groups is 1. The fourth-order valence-electron chi connectivity index (χ4n) is 2.33. The lowest BCUT2D eigenvalue weighted by Crippen LogP contribution is -2.38. The Balaban J connectivity index is 0.00000450. The van der Waals surface area contributed by atoms with Crippen LogP contribution in [-0.4, -0.2) is 51.0 Å². The van der Waals surface area contributed by atoms with Crippen molar-refractivity contribution in [2.24, 2.45) is 4.99 Å². The number of aromatic nitrogens is 1. The molecule has 2 N–H and O–H groups in total. The van der Waals surface area contributed by atoms with Gasteiger partial charge in [-0.2, -0.15) is 0 Å². The number of benzene rings is 1. The van der Waals surface area contributed by atoms with Crippen LogP contribution < -0.4 is 15.4 Å². The Morgan fingerprint density at radius 3 is 2.53 bits per heavy atom. The molecule has 166 valence electrons. The number of nitrogens with one attached hydrogen (secondary N) is 2. The van der Waals surface area contributed by atoms with Crippen molar-refractivity contribution in [3.63, 3.8) is 0 Å². The molecular weight excluding hydrogens is 502 g/mol. The number of methoxy groups -OCH3 is 1. The van der Waals surface area contributed by atoms with Gasteiger partial charge in [0.1, 0.15) is 11.6 Å². The summed E-state index contributed by atoms with van der Waals surface area (Å²) in [5.41, 5.74) is 0.955. The first kappa shape index (κ1) is 26.1. The van der Waals surface area contributed by atoms with Crippen molar-refractivity contribution < 1.29 is 18.6 Å². The summed E-state index contributed by atoms with van der Waals surface area (Å²) in [6.45, 7) is 5.95. The van der Waals surface area contributed by atoms with Crippen LogP contribution in [0.15, 0.2) is 47.6 Å². The Morgan fingerprint density at radius 2 is 1.87 bits per heavy atom. The van der Waals surface area contributed by atoms with Gasteiger partial charge in [-0.15, -0.1) is 24.0 Å². The van der Waals surface area contributed by atoms with Crippen molar-refractivity contribution in [3.8, 4) is 11.6 Å². The topological polar surface area (TPSA) is 77.0 Å². The van der Waals surface area contributed by atoms with Crippen molar-refractivity contribution in [3.05, 3.63) is 54.0 Å². The summed E-state index contributed by atoms with van der Waals surface area (Å²) in [6, 6.07) is 9.49. The maximum atomic E-state index is 12.9. The van der Waals surface area contributed by atoms with E-state index in [0.29, 0.717) is 38.0 Å². The zero-order valence-corrected chi connectivity index (χ0v) is 19.7. The van der Waals surface area contributed by atoms with Gasteiger partial charge in [-0.1, -0.05) is 6.07 Å². The number of hydrogen-bond donors (Lipinski definition) is 2. The molecule has 7 nitrogen and oxygen atoms in total. The molecule has 0 bridgehead atoms. The van der Waals surface area contributed by atoms with Gasteiger partial charge < -0.3 is 24.8 Å². The second-order valence-electron chi connectivity index (χ2n) is 6.14. The van der Waals surface area contributed by atoms with Crippen LogP contribution in [0.5, 0.6) is 11.6 Å². The van der Waals surface area contributed by atoms with Crippen LogP contribution in [0.3, 0.4) is 0 Å². The molecule has 0 saturated carbocycles. The summed E-state index contributed by atoms with van der Waals surface area (Å²) in [5.74, 6) is 1.43. The minimum atomic E-state index is -0.303. The van der Waals surface area contributed by atoms with Gasteiger partial charge in [0, 0.05) is 39.1 Å². The molecule has 0 atom stereocenters. The SMILES string of the molecule is CCNC(=NCc1ccc(Oc2ccc(F)cc2)nc1)NCCCOCCOC.I. The van der Waals surface area contributed by atoms with Crippen LogP contribution in [0.1, 0.15) is 18.9 Å². The standard InChI is InChI=1S/C21H29FN4O3.HI/c1-3-23-21(24-11-4-12-28-14-13-27-2)26-16-17-5-10-20(25-15-17)29-19-8-6-18(22)7-9-19;/h5-10,15H,3-4,11-14,16H2,1-2H3,(H2,23,24,26);1H. The Bertz CT molecular complexity index is 730. The molecule has 1 heterocycles. The van der Waals surface area contributed by atoms with E-state index < -0.39 is 0 Å². The number of guanidine groups is 1. The van der Waals surface area contributed by atoms with E-state index in [0.717, 1.165) is 31.0 Å². The molecule has 1 aromatic heterocycles. The van der Waals surface area contributed by atoms with Crippen molar-refractivity contribution in [1.29, 1.82) is 0 Å². The van der Waals surface area contributed by atoms with E-state index in [2.05, 4.69) is 20.6 Å². The summed E-state index contributed by atoms with van der Waals surface area (Å²) >= 11 is 0. The molecule has 0 radical (unpaired) electrons. The first-order chi connectivity index (χ1) is 14.2. The summed E-state index contributed by atoms with van der Waals surface area (Å²) in [6.07, 6.45) is 2.60. The molecule has 0 aliphatic heterocycles. The van der Waals surface area contributed by atoms with Crippen LogP contribution in [0.4, 0.5) is 4.39 Å². The first-order valence-electron chi connectivity index (χ1n) is 9.68. The van der Waals surface area contributed by atoms with E-state index in [1.54, 1.807) is 31.5 Å². The molecular formula is C21H30FIN4O3. The molecule has 2 rings (SSSR count). The average Bonchev–Trinajstić information content (AvgIpc) is 2.74. The van der Waals surface area contributed by atoms with E-state index in [4.69, 9.17) is 14.2 Å². The molecule has 0 unspecified atom stereocenters. The lowest BCUT2D eigenvalue weighted by molar-refractivity contribution is 0.0698. The Labute approximate surface area is 194 Å². The highest BCUT2D eigenvalue weighted by Crippen LogP contribution is 2.19. The summed E-state index contributed by atoms with van der Waals surface area (Å²) < 4.78 is 28.9. The van der Waals surface area contributed by atoms with Crippen molar-refractivity contribution in [1.82, 2.24) is 15.6 Å². The van der Waals surface area contributed by atoms with Gasteiger partial charge in [0.05, 0.1) is 19.8 Å². The van der Waals surface area contributed by atoms with Gasteiger partial charge >= 0.3 is 0 Å². The van der Waals surface area contributed by atoms with Gasteiger partial charge in [-0.25, -0.2) is 14.4 Å². The number of halogens is 2. The number of hydrogen-bond acceptors (Lipinski definition) is 5. The zero-order chi connectivity index (χ0) is 20.7. The minimum Gasteiger partial charge on any atom is -0.439 e. The van der Waals surface area contributed by atoms with E-state index in [9.17, 15) is 4.39 Å². The summed E-state index contributed by atoms with van der Waals surface area (Å²) in [5, 5.41) is 6.50. The highest BCUT2D eigenvalue weighted by Gasteiger charge is 2.01. The van der Waals surface area contributed by atoms with Gasteiger partial charge in [0.15, 0.2) is 5.96 Å². The smallest absolute Gasteiger partial charge is 0.219 e. The van der Waals surface area contributed by atoms with E-state index in [-0.39, 0.29) is 29.8 Å². The predicted molar refractivity (Wildman–Crippen MR) is 126 cm³/mol. The van der Waals surface area contributed by atoms with Gasteiger partial charge in [0.25, 0.3) is 0 Å². The minimum absolute atomic E-state index is 0. The van der Waals surface area contributed by atoms with E-state index in [1.807, 2.05) is 13.0 Å². The molecule has 30 heavy (non-hydrogen) atoms. The van der Waals surface area contributed by atoms with Crippen LogP contribution in [0.2, 0.25) is 0 Å². The number of rotatable bonds is 12.